The largest absolute Gasteiger partial charge is 0.455 e. The molecule has 1 rings (SSSR count). The van der Waals surface area contributed by atoms with Gasteiger partial charge in [-0.1, -0.05) is 48.6 Å². The van der Waals surface area contributed by atoms with Crippen LogP contribution >= 0.6 is 0 Å². The Labute approximate surface area is 122 Å². The summed E-state index contributed by atoms with van der Waals surface area (Å²) in [6, 6.07) is 9.63. The zero-order valence-electron chi connectivity index (χ0n) is 12.7. The number of rotatable bonds is 7. The van der Waals surface area contributed by atoms with Gasteiger partial charge in [0.05, 0.1) is 6.42 Å². The van der Waals surface area contributed by atoms with Gasteiger partial charge in [-0.2, -0.15) is 0 Å². The number of hydrogen-bond donors (Lipinski definition) is 0. The second-order valence-corrected chi connectivity index (χ2v) is 5.47. The van der Waals surface area contributed by atoms with Crippen molar-refractivity contribution >= 4 is 5.97 Å². The smallest absolute Gasteiger partial charge is 0.311 e. The molecule has 0 spiro atoms. The Morgan fingerprint density at radius 1 is 1.30 bits per heavy atom. The Morgan fingerprint density at radius 2 is 1.95 bits per heavy atom. The zero-order chi connectivity index (χ0) is 15.0. The fourth-order valence-electron chi connectivity index (χ4n) is 1.90. The van der Waals surface area contributed by atoms with Crippen LogP contribution in [0, 0.1) is 0 Å². The van der Waals surface area contributed by atoms with Crippen LogP contribution in [0.1, 0.15) is 39.2 Å². The quantitative estimate of drug-likeness (QED) is 0.541. The molecule has 0 heterocycles. The number of allylic oxidation sites excluding steroid dienone is 2. The Balaban J connectivity index is 2.56. The maximum atomic E-state index is 12.0. The topological polar surface area (TPSA) is 26.3 Å². The van der Waals surface area contributed by atoms with Gasteiger partial charge in [0.1, 0.15) is 5.60 Å². The van der Waals surface area contributed by atoms with Crippen molar-refractivity contribution in [3.8, 4) is 0 Å². The summed E-state index contributed by atoms with van der Waals surface area (Å²) in [7, 11) is 0. The molecule has 0 aliphatic carbocycles. The van der Waals surface area contributed by atoms with Crippen molar-refractivity contribution in [3.05, 3.63) is 60.2 Å². The van der Waals surface area contributed by atoms with E-state index in [4.69, 9.17) is 4.74 Å². The van der Waals surface area contributed by atoms with Gasteiger partial charge in [-0.25, -0.2) is 0 Å². The lowest BCUT2D eigenvalue weighted by molar-refractivity contribution is -0.153. The van der Waals surface area contributed by atoms with E-state index in [-0.39, 0.29) is 5.97 Å². The van der Waals surface area contributed by atoms with Gasteiger partial charge < -0.3 is 4.74 Å². The minimum atomic E-state index is -0.599. The molecular formula is C18H24O2. The number of hydrogen-bond acceptors (Lipinski definition) is 2. The van der Waals surface area contributed by atoms with Gasteiger partial charge in [0.25, 0.3) is 0 Å². The number of carbonyl (C=O) groups excluding carboxylic acids is 1. The zero-order valence-corrected chi connectivity index (χ0v) is 12.7. The molecule has 0 N–H and O–H groups in total. The van der Waals surface area contributed by atoms with Crippen molar-refractivity contribution < 1.29 is 9.53 Å². The summed E-state index contributed by atoms with van der Waals surface area (Å²) in [6.07, 6.45) is 5.79. The standard InChI is InChI=1S/C18H24O2/c1-5-18(4,13-9-10-15(2)3)20-17(19)14-16-11-7-6-8-12-16/h5-8,10-12H,1,9,13-14H2,2-4H3/t18-/m1/s1. The minimum Gasteiger partial charge on any atom is -0.455 e. The second kappa shape index (κ2) is 7.68. The Kier molecular flexibility index (Phi) is 6.23. The summed E-state index contributed by atoms with van der Waals surface area (Å²) in [6.45, 7) is 9.82. The molecule has 0 aliphatic heterocycles. The molecule has 20 heavy (non-hydrogen) atoms. The van der Waals surface area contributed by atoms with Crippen molar-refractivity contribution in [2.75, 3.05) is 0 Å². The molecule has 0 fully saturated rings. The minimum absolute atomic E-state index is 0.212. The van der Waals surface area contributed by atoms with Gasteiger partial charge in [-0.3, -0.25) is 4.79 Å². The van der Waals surface area contributed by atoms with Crippen molar-refractivity contribution in [2.45, 2.75) is 45.6 Å². The fraction of sp³-hybridized carbons (Fsp3) is 0.389. The summed E-state index contributed by atoms with van der Waals surface area (Å²) in [5.74, 6) is -0.212. The first-order valence-electron chi connectivity index (χ1n) is 6.98. The normalized spacial score (nSPS) is 13.2. The van der Waals surface area contributed by atoms with Gasteiger partial charge >= 0.3 is 5.97 Å². The van der Waals surface area contributed by atoms with Crippen LogP contribution in [-0.2, 0) is 16.0 Å². The molecule has 0 amide bonds. The third-order valence-electron chi connectivity index (χ3n) is 3.16. The van der Waals surface area contributed by atoms with E-state index in [2.05, 4.69) is 26.5 Å². The summed E-state index contributed by atoms with van der Waals surface area (Å²) >= 11 is 0. The van der Waals surface area contributed by atoms with E-state index in [0.717, 1.165) is 18.4 Å². The molecule has 2 nitrogen and oxygen atoms in total. The third-order valence-corrected chi connectivity index (χ3v) is 3.16. The fourth-order valence-corrected chi connectivity index (χ4v) is 1.90. The Morgan fingerprint density at radius 3 is 2.50 bits per heavy atom. The maximum Gasteiger partial charge on any atom is 0.311 e. The highest BCUT2D eigenvalue weighted by atomic mass is 16.6. The first-order valence-corrected chi connectivity index (χ1v) is 6.98. The van der Waals surface area contributed by atoms with Gasteiger partial charge in [-0.15, -0.1) is 0 Å². The van der Waals surface area contributed by atoms with Crippen molar-refractivity contribution in [2.24, 2.45) is 0 Å². The van der Waals surface area contributed by atoms with E-state index in [1.165, 1.54) is 5.57 Å². The molecule has 0 saturated carbocycles. The van der Waals surface area contributed by atoms with Crippen LogP contribution in [0.15, 0.2) is 54.6 Å². The van der Waals surface area contributed by atoms with E-state index >= 15 is 0 Å². The SMILES string of the molecule is C=C[C@](C)(CCC=C(C)C)OC(=O)Cc1ccccc1. The predicted octanol–water partition coefficient (Wildman–Crippen LogP) is 4.46. The van der Waals surface area contributed by atoms with Crippen molar-refractivity contribution in [1.82, 2.24) is 0 Å². The molecule has 0 unspecified atom stereocenters. The second-order valence-electron chi connectivity index (χ2n) is 5.47. The third kappa shape index (κ3) is 5.87. The molecule has 108 valence electrons. The summed E-state index contributed by atoms with van der Waals surface area (Å²) < 4.78 is 5.59. The lowest BCUT2D eigenvalue weighted by Crippen LogP contribution is -2.30. The van der Waals surface area contributed by atoms with Crippen molar-refractivity contribution in [3.63, 3.8) is 0 Å². The van der Waals surface area contributed by atoms with E-state index < -0.39 is 5.60 Å². The van der Waals surface area contributed by atoms with Gasteiger partial charge in [0.15, 0.2) is 0 Å². The predicted molar refractivity (Wildman–Crippen MR) is 83.5 cm³/mol. The lowest BCUT2D eigenvalue weighted by atomic mass is 9.99. The molecule has 2 heteroatoms. The van der Waals surface area contributed by atoms with Crippen LogP contribution < -0.4 is 0 Å². The molecule has 0 saturated heterocycles. The monoisotopic (exact) mass is 272 g/mol. The number of carbonyl (C=O) groups is 1. The van der Waals surface area contributed by atoms with Crippen LogP contribution in [0.5, 0.6) is 0 Å². The van der Waals surface area contributed by atoms with Crippen LogP contribution in [-0.4, -0.2) is 11.6 Å². The molecular weight excluding hydrogens is 248 g/mol. The van der Waals surface area contributed by atoms with Crippen LogP contribution in [0.4, 0.5) is 0 Å². The number of ether oxygens (including phenoxy) is 1. The van der Waals surface area contributed by atoms with E-state index in [9.17, 15) is 4.79 Å². The van der Waals surface area contributed by atoms with E-state index in [1.807, 2.05) is 37.3 Å². The summed E-state index contributed by atoms with van der Waals surface area (Å²) in [4.78, 5) is 12.0. The molecule has 1 aromatic rings. The summed E-state index contributed by atoms with van der Waals surface area (Å²) in [5.41, 5.74) is 1.64. The number of benzene rings is 1. The molecule has 1 aromatic carbocycles. The van der Waals surface area contributed by atoms with Crippen molar-refractivity contribution in [1.29, 1.82) is 0 Å². The van der Waals surface area contributed by atoms with Gasteiger partial charge in [0.2, 0.25) is 0 Å². The Bertz CT molecular complexity index is 469. The van der Waals surface area contributed by atoms with E-state index in [0.29, 0.717) is 6.42 Å². The highest BCUT2D eigenvalue weighted by Crippen LogP contribution is 2.21. The Hall–Kier alpha value is -1.83. The lowest BCUT2D eigenvalue weighted by Gasteiger charge is -2.25. The average Bonchev–Trinajstić information content (AvgIpc) is 2.39. The number of esters is 1. The molecule has 0 radical (unpaired) electrons. The molecule has 0 aliphatic rings. The molecule has 0 aromatic heterocycles. The first-order chi connectivity index (χ1) is 9.45. The highest BCUT2D eigenvalue weighted by molar-refractivity contribution is 5.73. The molecule has 1 atom stereocenters. The first kappa shape index (κ1) is 16.2. The average molecular weight is 272 g/mol. The van der Waals surface area contributed by atoms with Crippen LogP contribution in [0.2, 0.25) is 0 Å². The maximum absolute atomic E-state index is 12.0. The summed E-state index contributed by atoms with van der Waals surface area (Å²) in [5, 5.41) is 0. The highest BCUT2D eigenvalue weighted by Gasteiger charge is 2.24. The van der Waals surface area contributed by atoms with Gasteiger partial charge in [0, 0.05) is 0 Å². The van der Waals surface area contributed by atoms with Crippen LogP contribution in [0.25, 0.3) is 0 Å². The van der Waals surface area contributed by atoms with Crippen LogP contribution in [0.3, 0.4) is 0 Å². The van der Waals surface area contributed by atoms with Gasteiger partial charge in [-0.05, 0) is 45.3 Å². The molecule has 0 bridgehead atoms. The van der Waals surface area contributed by atoms with E-state index in [1.54, 1.807) is 6.08 Å².